The lowest BCUT2D eigenvalue weighted by Crippen LogP contribution is -2.15. The molecule has 0 aliphatic rings. The molecule has 0 heterocycles. The van der Waals surface area contributed by atoms with Crippen molar-refractivity contribution in [3.8, 4) is 0 Å². The lowest BCUT2D eigenvalue weighted by molar-refractivity contribution is -0.111. The van der Waals surface area contributed by atoms with Gasteiger partial charge in [0.1, 0.15) is 0 Å². The summed E-state index contributed by atoms with van der Waals surface area (Å²) in [5.74, 6) is 0. The molecule has 0 amide bonds. The summed E-state index contributed by atoms with van der Waals surface area (Å²) < 4.78 is 0. The second-order valence-electron chi connectivity index (χ2n) is 2.93. The van der Waals surface area contributed by atoms with Crippen LogP contribution in [0.5, 0.6) is 0 Å². The Morgan fingerprint density at radius 3 is 2.30 bits per heavy atom. The van der Waals surface area contributed by atoms with Crippen LogP contribution in [-0.4, -0.2) is 12.6 Å². The lowest BCUT2D eigenvalue weighted by Gasteiger charge is -2.10. The number of halogens is 2. The fourth-order valence-electron chi connectivity index (χ4n) is 0.648. The van der Waals surface area contributed by atoms with Gasteiger partial charge >= 0.3 is 0 Å². The van der Waals surface area contributed by atoms with Crippen molar-refractivity contribution in [1.82, 2.24) is 0 Å². The zero-order valence-corrected chi connectivity index (χ0v) is 8.80. The first-order chi connectivity index (χ1) is 4.42. The molecule has 0 aromatic rings. The number of rotatable bonds is 4. The second kappa shape index (κ2) is 4.37. The van der Waals surface area contributed by atoms with E-state index in [0.29, 0.717) is 6.42 Å². The Bertz CT molecular complexity index is 119. The van der Waals surface area contributed by atoms with Gasteiger partial charge in [-0.05, 0) is 24.1 Å². The third-order valence-corrected chi connectivity index (χ3v) is 3.44. The van der Waals surface area contributed by atoms with E-state index in [-0.39, 0.29) is 5.24 Å². The van der Waals surface area contributed by atoms with Crippen LogP contribution in [0.1, 0.15) is 12.8 Å². The van der Waals surface area contributed by atoms with Gasteiger partial charge in [0.05, 0.1) is 0 Å². The molecule has 0 aromatic heterocycles. The van der Waals surface area contributed by atoms with Gasteiger partial charge in [-0.1, -0.05) is 13.1 Å². The normalized spacial score (nSPS) is 11.6. The molecular weight excluding hydrogens is 187 g/mol. The highest BCUT2D eigenvalue weighted by atomic mass is 35.6. The predicted molar refractivity (Wildman–Crippen MR) is 48.2 cm³/mol. The molecule has 0 rings (SSSR count). The van der Waals surface area contributed by atoms with Crippen LogP contribution in [0, 0.1) is 0 Å². The highest BCUT2D eigenvalue weighted by Gasteiger charge is 2.16. The summed E-state index contributed by atoms with van der Waals surface area (Å²) in [6, 6.07) is 0.965. The van der Waals surface area contributed by atoms with Crippen LogP contribution in [0.2, 0.25) is 19.1 Å². The summed E-state index contributed by atoms with van der Waals surface area (Å²) in [6.07, 6.45) is 1.30. The van der Waals surface area contributed by atoms with E-state index in [4.69, 9.17) is 22.7 Å². The molecule has 0 spiro atoms. The average Bonchev–Trinajstić information content (AvgIpc) is 1.59. The van der Waals surface area contributed by atoms with Gasteiger partial charge < -0.3 is 0 Å². The van der Waals surface area contributed by atoms with Crippen molar-refractivity contribution < 1.29 is 4.79 Å². The van der Waals surface area contributed by atoms with E-state index >= 15 is 0 Å². The van der Waals surface area contributed by atoms with Crippen molar-refractivity contribution in [2.75, 3.05) is 0 Å². The van der Waals surface area contributed by atoms with Crippen LogP contribution in [0.25, 0.3) is 0 Å². The molecule has 0 saturated heterocycles. The second-order valence-corrected chi connectivity index (χ2v) is 10.4. The van der Waals surface area contributed by atoms with Crippen molar-refractivity contribution in [1.29, 1.82) is 0 Å². The topological polar surface area (TPSA) is 17.1 Å². The average molecular weight is 199 g/mol. The first kappa shape index (κ1) is 10.5. The number of hydrogen-bond donors (Lipinski definition) is 0. The molecule has 0 aliphatic heterocycles. The molecule has 0 unspecified atom stereocenters. The summed E-state index contributed by atoms with van der Waals surface area (Å²) in [7, 11) is -1.46. The maximum Gasteiger partial charge on any atom is 0.221 e. The first-order valence-electron chi connectivity index (χ1n) is 3.29. The number of hydrogen-bond acceptors (Lipinski definition) is 1. The molecule has 10 heavy (non-hydrogen) atoms. The van der Waals surface area contributed by atoms with Gasteiger partial charge in [0.15, 0.2) is 7.38 Å². The Labute approximate surface area is 72.4 Å². The fourth-order valence-corrected chi connectivity index (χ4v) is 2.20. The molecule has 0 N–H and O–H groups in total. The minimum Gasteiger partial charge on any atom is -0.281 e. The zero-order valence-electron chi connectivity index (χ0n) is 6.29. The maximum atomic E-state index is 10.3. The SMILES string of the molecule is C[Si](C)(Cl)CCCC(=O)Cl. The molecular formula is C6H12Cl2OSi. The molecule has 0 saturated carbocycles. The largest absolute Gasteiger partial charge is 0.281 e. The molecule has 0 radical (unpaired) electrons. The smallest absolute Gasteiger partial charge is 0.221 e. The highest BCUT2D eigenvalue weighted by molar-refractivity contribution is 7.19. The lowest BCUT2D eigenvalue weighted by atomic mass is 10.4. The Morgan fingerprint density at radius 1 is 1.50 bits per heavy atom. The summed E-state index contributed by atoms with van der Waals surface area (Å²) >= 11 is 11.1. The van der Waals surface area contributed by atoms with Gasteiger partial charge in [-0.3, -0.25) is 4.79 Å². The Balaban J connectivity index is 3.29. The minimum absolute atomic E-state index is 0.255. The molecule has 0 aromatic carbocycles. The maximum absolute atomic E-state index is 10.3. The quantitative estimate of drug-likeness (QED) is 0.386. The molecule has 60 valence electrons. The molecule has 4 heteroatoms. The summed E-state index contributed by atoms with van der Waals surface area (Å²) in [5.41, 5.74) is 0. The van der Waals surface area contributed by atoms with Crippen LogP contribution in [0.4, 0.5) is 0 Å². The third-order valence-electron chi connectivity index (χ3n) is 1.14. The van der Waals surface area contributed by atoms with E-state index in [1.54, 1.807) is 0 Å². The first-order valence-corrected chi connectivity index (χ1v) is 7.89. The van der Waals surface area contributed by atoms with Gasteiger partial charge in [0.2, 0.25) is 5.24 Å². The van der Waals surface area contributed by atoms with Gasteiger partial charge in [0.25, 0.3) is 0 Å². The highest BCUT2D eigenvalue weighted by Crippen LogP contribution is 2.17. The van der Waals surface area contributed by atoms with Crippen molar-refractivity contribution in [2.24, 2.45) is 0 Å². The Hall–Kier alpha value is 0.467. The molecule has 1 nitrogen and oxygen atoms in total. The van der Waals surface area contributed by atoms with Crippen LogP contribution >= 0.6 is 22.7 Å². The van der Waals surface area contributed by atoms with Gasteiger partial charge in [0, 0.05) is 6.42 Å². The molecule has 0 bridgehead atoms. The van der Waals surface area contributed by atoms with Crippen molar-refractivity contribution >= 4 is 35.3 Å². The van der Waals surface area contributed by atoms with E-state index in [9.17, 15) is 4.79 Å². The van der Waals surface area contributed by atoms with Gasteiger partial charge in [-0.2, -0.15) is 11.1 Å². The summed E-state index contributed by atoms with van der Waals surface area (Å²) in [4.78, 5) is 10.3. The van der Waals surface area contributed by atoms with Crippen LogP contribution in [0.15, 0.2) is 0 Å². The molecule has 0 fully saturated rings. The van der Waals surface area contributed by atoms with Crippen molar-refractivity contribution in [3.63, 3.8) is 0 Å². The van der Waals surface area contributed by atoms with Crippen molar-refractivity contribution in [3.05, 3.63) is 0 Å². The van der Waals surface area contributed by atoms with E-state index in [0.717, 1.165) is 12.5 Å². The Kier molecular flexibility index (Phi) is 4.57. The van der Waals surface area contributed by atoms with Crippen molar-refractivity contribution in [2.45, 2.75) is 32.0 Å². The number of carbonyl (C=O) groups excluding carboxylic acids is 1. The summed E-state index contributed by atoms with van der Waals surface area (Å²) in [5, 5.41) is -0.255. The molecule has 0 aliphatic carbocycles. The van der Waals surface area contributed by atoms with E-state index in [1.165, 1.54) is 0 Å². The monoisotopic (exact) mass is 198 g/mol. The fraction of sp³-hybridized carbons (Fsp3) is 0.833. The van der Waals surface area contributed by atoms with Crippen LogP contribution < -0.4 is 0 Å². The zero-order chi connectivity index (χ0) is 8.20. The summed E-state index contributed by atoms with van der Waals surface area (Å²) in [6.45, 7) is 4.13. The standard InChI is InChI=1S/C6H12Cl2OSi/c1-10(2,8)5-3-4-6(7)9/h3-5H2,1-2H3. The molecule has 0 atom stereocenters. The van der Waals surface area contributed by atoms with E-state index < -0.39 is 7.38 Å². The Morgan fingerprint density at radius 2 is 2.00 bits per heavy atom. The number of carbonyl (C=O) groups is 1. The van der Waals surface area contributed by atoms with Crippen LogP contribution in [-0.2, 0) is 4.79 Å². The predicted octanol–water partition coefficient (Wildman–Crippen LogP) is 2.98. The third kappa shape index (κ3) is 8.47. The van der Waals surface area contributed by atoms with Gasteiger partial charge in [-0.15, -0.1) is 0 Å². The van der Waals surface area contributed by atoms with Gasteiger partial charge in [-0.25, -0.2) is 0 Å². The van der Waals surface area contributed by atoms with E-state index in [1.807, 2.05) is 0 Å². The van der Waals surface area contributed by atoms with Crippen LogP contribution in [0.3, 0.4) is 0 Å². The minimum atomic E-state index is -1.46. The van der Waals surface area contributed by atoms with E-state index in [2.05, 4.69) is 13.1 Å².